The SMILES string of the molecule is CCNC(=NCC1CCCOC1c1ccc(C)cc1)N1CC[C@@H](O)C1. The molecule has 3 atom stereocenters. The highest BCUT2D eigenvalue weighted by molar-refractivity contribution is 5.80. The average Bonchev–Trinajstić information content (AvgIpc) is 3.06. The second kappa shape index (κ2) is 8.68. The fraction of sp³-hybridized carbons (Fsp3) is 0.650. The molecule has 0 aliphatic carbocycles. The zero-order valence-corrected chi connectivity index (χ0v) is 15.4. The number of nitrogens with one attached hydrogen (secondary N) is 1. The van der Waals surface area contributed by atoms with Gasteiger partial charge in [0.25, 0.3) is 0 Å². The number of guanidine groups is 1. The van der Waals surface area contributed by atoms with E-state index in [1.807, 2.05) is 0 Å². The summed E-state index contributed by atoms with van der Waals surface area (Å²) in [4.78, 5) is 7.05. The van der Waals surface area contributed by atoms with Gasteiger partial charge in [0.05, 0.1) is 12.2 Å². The molecule has 2 N–H and O–H groups in total. The molecule has 0 bridgehead atoms. The van der Waals surface area contributed by atoms with Gasteiger partial charge in [-0.3, -0.25) is 4.99 Å². The molecular formula is C20H31N3O2. The topological polar surface area (TPSA) is 57.1 Å². The van der Waals surface area contributed by atoms with Crippen LogP contribution in [-0.2, 0) is 4.74 Å². The van der Waals surface area contributed by atoms with Crippen LogP contribution >= 0.6 is 0 Å². The van der Waals surface area contributed by atoms with Crippen LogP contribution in [0.1, 0.15) is 43.4 Å². The second-order valence-corrected chi connectivity index (χ2v) is 7.19. The zero-order valence-electron chi connectivity index (χ0n) is 15.4. The van der Waals surface area contributed by atoms with Gasteiger partial charge in [-0.15, -0.1) is 0 Å². The van der Waals surface area contributed by atoms with Crippen LogP contribution in [0.2, 0.25) is 0 Å². The van der Waals surface area contributed by atoms with Gasteiger partial charge in [0.1, 0.15) is 0 Å². The standard InChI is InChI=1S/C20H31N3O2/c1-3-21-20(23-11-10-18(24)14-23)22-13-17-5-4-12-25-19(17)16-8-6-15(2)7-9-16/h6-9,17-19,24H,3-5,10-14H2,1-2H3,(H,21,22)/t17?,18-,19?/m1/s1. The van der Waals surface area contributed by atoms with Crippen LogP contribution in [0.3, 0.4) is 0 Å². The maximum Gasteiger partial charge on any atom is 0.194 e. The van der Waals surface area contributed by atoms with Crippen molar-refractivity contribution in [3.05, 3.63) is 35.4 Å². The summed E-state index contributed by atoms with van der Waals surface area (Å²) in [6.45, 7) is 8.17. The summed E-state index contributed by atoms with van der Waals surface area (Å²) < 4.78 is 6.11. The monoisotopic (exact) mass is 345 g/mol. The van der Waals surface area contributed by atoms with Gasteiger partial charge < -0.3 is 20.1 Å². The van der Waals surface area contributed by atoms with Gasteiger partial charge in [-0.2, -0.15) is 0 Å². The Morgan fingerprint density at radius 2 is 2.12 bits per heavy atom. The zero-order chi connectivity index (χ0) is 17.6. The highest BCUT2D eigenvalue weighted by atomic mass is 16.5. The number of hydrogen-bond acceptors (Lipinski definition) is 3. The Morgan fingerprint density at radius 1 is 1.32 bits per heavy atom. The molecule has 25 heavy (non-hydrogen) atoms. The van der Waals surface area contributed by atoms with E-state index in [0.717, 1.165) is 51.5 Å². The molecule has 0 aromatic heterocycles. The second-order valence-electron chi connectivity index (χ2n) is 7.19. The lowest BCUT2D eigenvalue weighted by Crippen LogP contribution is -2.41. The lowest BCUT2D eigenvalue weighted by atomic mass is 9.89. The number of aliphatic hydroxyl groups excluding tert-OH is 1. The van der Waals surface area contributed by atoms with Crippen LogP contribution in [0.5, 0.6) is 0 Å². The average molecular weight is 345 g/mol. The number of aliphatic hydroxyl groups is 1. The van der Waals surface area contributed by atoms with E-state index >= 15 is 0 Å². The lowest BCUT2D eigenvalue weighted by molar-refractivity contribution is -0.0250. The van der Waals surface area contributed by atoms with E-state index in [-0.39, 0.29) is 12.2 Å². The first-order valence-corrected chi connectivity index (χ1v) is 9.57. The Morgan fingerprint density at radius 3 is 2.80 bits per heavy atom. The minimum absolute atomic E-state index is 0.130. The van der Waals surface area contributed by atoms with Crippen molar-refractivity contribution in [2.45, 2.75) is 45.3 Å². The van der Waals surface area contributed by atoms with Crippen molar-refractivity contribution < 1.29 is 9.84 Å². The highest BCUT2D eigenvalue weighted by Gasteiger charge is 2.28. The number of β-amino-alcohol motifs (C(OH)–C–C–N with tert-alkyl or cyclic N) is 1. The van der Waals surface area contributed by atoms with Crippen molar-refractivity contribution in [3.63, 3.8) is 0 Å². The van der Waals surface area contributed by atoms with Crippen molar-refractivity contribution in [2.24, 2.45) is 10.9 Å². The van der Waals surface area contributed by atoms with E-state index in [9.17, 15) is 5.11 Å². The maximum atomic E-state index is 9.80. The molecule has 2 saturated heterocycles. The molecule has 2 aliphatic rings. The van der Waals surface area contributed by atoms with Crippen LogP contribution < -0.4 is 5.32 Å². The first-order chi connectivity index (χ1) is 12.2. The molecule has 2 aliphatic heterocycles. The van der Waals surface area contributed by atoms with Crippen LogP contribution in [0, 0.1) is 12.8 Å². The van der Waals surface area contributed by atoms with Crippen molar-refractivity contribution in [3.8, 4) is 0 Å². The number of ether oxygens (including phenoxy) is 1. The first-order valence-electron chi connectivity index (χ1n) is 9.57. The Labute approximate surface area is 151 Å². The minimum Gasteiger partial charge on any atom is -0.391 e. The number of hydrogen-bond donors (Lipinski definition) is 2. The van der Waals surface area contributed by atoms with E-state index < -0.39 is 0 Å². The number of likely N-dealkylation sites (tertiary alicyclic amines) is 1. The van der Waals surface area contributed by atoms with Crippen LogP contribution in [0.15, 0.2) is 29.3 Å². The molecule has 0 amide bonds. The maximum absolute atomic E-state index is 9.80. The quantitative estimate of drug-likeness (QED) is 0.650. The van der Waals surface area contributed by atoms with Crippen LogP contribution in [-0.4, -0.2) is 54.9 Å². The van der Waals surface area contributed by atoms with Crippen molar-refractivity contribution >= 4 is 5.96 Å². The van der Waals surface area contributed by atoms with Crippen molar-refractivity contribution in [1.29, 1.82) is 0 Å². The molecule has 0 radical (unpaired) electrons. The molecule has 5 heteroatoms. The Kier molecular flexibility index (Phi) is 6.32. The third-order valence-electron chi connectivity index (χ3n) is 5.12. The van der Waals surface area contributed by atoms with Gasteiger partial charge in [-0.1, -0.05) is 29.8 Å². The van der Waals surface area contributed by atoms with Crippen LogP contribution in [0.25, 0.3) is 0 Å². The fourth-order valence-corrected chi connectivity index (χ4v) is 3.72. The smallest absolute Gasteiger partial charge is 0.194 e. The van der Waals surface area contributed by atoms with Gasteiger partial charge in [0.2, 0.25) is 0 Å². The first kappa shape index (κ1) is 18.2. The molecule has 1 aromatic rings. The van der Waals surface area contributed by atoms with Crippen LogP contribution in [0.4, 0.5) is 0 Å². The molecule has 1 aromatic carbocycles. The van der Waals surface area contributed by atoms with E-state index in [2.05, 4.69) is 48.3 Å². The number of rotatable bonds is 4. The fourth-order valence-electron chi connectivity index (χ4n) is 3.72. The normalized spacial score (nSPS) is 27.6. The third-order valence-corrected chi connectivity index (χ3v) is 5.12. The van der Waals surface area contributed by atoms with Gasteiger partial charge in [0, 0.05) is 38.7 Å². The summed E-state index contributed by atoms with van der Waals surface area (Å²) in [7, 11) is 0. The molecule has 0 saturated carbocycles. The molecule has 2 heterocycles. The number of nitrogens with zero attached hydrogens (tertiary/aromatic N) is 2. The predicted molar refractivity (Wildman–Crippen MR) is 101 cm³/mol. The number of benzene rings is 1. The summed E-state index contributed by atoms with van der Waals surface area (Å²) in [5.41, 5.74) is 2.53. The van der Waals surface area contributed by atoms with Crippen molar-refractivity contribution in [1.82, 2.24) is 10.2 Å². The van der Waals surface area contributed by atoms with Crippen molar-refractivity contribution in [2.75, 3.05) is 32.8 Å². The molecule has 5 nitrogen and oxygen atoms in total. The molecule has 2 unspecified atom stereocenters. The highest BCUT2D eigenvalue weighted by Crippen LogP contribution is 2.34. The van der Waals surface area contributed by atoms with E-state index in [4.69, 9.17) is 9.73 Å². The molecule has 3 rings (SSSR count). The van der Waals surface area contributed by atoms with Gasteiger partial charge in [-0.25, -0.2) is 0 Å². The molecular weight excluding hydrogens is 314 g/mol. The van der Waals surface area contributed by atoms with Gasteiger partial charge >= 0.3 is 0 Å². The Hall–Kier alpha value is -1.59. The Bertz CT molecular complexity index is 573. The number of aliphatic imine (C=N–C) groups is 1. The number of aryl methyl sites for hydroxylation is 1. The van der Waals surface area contributed by atoms with E-state index in [1.54, 1.807) is 0 Å². The predicted octanol–water partition coefficient (Wildman–Crippen LogP) is 2.49. The van der Waals surface area contributed by atoms with Gasteiger partial charge in [0.15, 0.2) is 5.96 Å². The van der Waals surface area contributed by atoms with Gasteiger partial charge in [-0.05, 0) is 38.7 Å². The third kappa shape index (κ3) is 4.73. The summed E-state index contributed by atoms with van der Waals surface area (Å²) in [5, 5.41) is 13.2. The largest absolute Gasteiger partial charge is 0.391 e. The Balaban J connectivity index is 1.70. The summed E-state index contributed by atoms with van der Waals surface area (Å²) >= 11 is 0. The molecule has 2 fully saturated rings. The van der Waals surface area contributed by atoms with E-state index in [0.29, 0.717) is 12.5 Å². The summed E-state index contributed by atoms with van der Waals surface area (Å²) in [6.07, 6.45) is 2.96. The lowest BCUT2D eigenvalue weighted by Gasteiger charge is -2.32. The minimum atomic E-state index is -0.234. The summed E-state index contributed by atoms with van der Waals surface area (Å²) in [5.74, 6) is 1.32. The summed E-state index contributed by atoms with van der Waals surface area (Å²) in [6, 6.07) is 8.68. The van der Waals surface area contributed by atoms with E-state index in [1.165, 1.54) is 11.1 Å². The molecule has 0 spiro atoms. The molecule has 138 valence electrons.